The molecule has 5 nitrogen and oxygen atoms in total. The highest BCUT2D eigenvalue weighted by molar-refractivity contribution is 5.84. The highest BCUT2D eigenvalue weighted by atomic mass is 16.5. The van der Waals surface area contributed by atoms with Crippen molar-refractivity contribution >= 4 is 5.91 Å². The van der Waals surface area contributed by atoms with Crippen molar-refractivity contribution in [3.63, 3.8) is 0 Å². The Morgan fingerprint density at radius 1 is 1.41 bits per heavy atom. The highest BCUT2D eigenvalue weighted by Crippen LogP contribution is 2.27. The van der Waals surface area contributed by atoms with Crippen molar-refractivity contribution in [2.75, 3.05) is 6.54 Å². The van der Waals surface area contributed by atoms with Crippen LogP contribution in [0.4, 0.5) is 0 Å². The summed E-state index contributed by atoms with van der Waals surface area (Å²) < 4.78 is 7.71. The van der Waals surface area contributed by atoms with Crippen molar-refractivity contribution in [2.24, 2.45) is 0 Å². The summed E-state index contributed by atoms with van der Waals surface area (Å²) in [7, 11) is 0. The average molecular weight is 299 g/mol. The minimum atomic E-state index is -0.139. The van der Waals surface area contributed by atoms with Gasteiger partial charge in [-0.1, -0.05) is 6.07 Å². The maximum absolute atomic E-state index is 11.9. The first-order chi connectivity index (χ1) is 10.7. The Bertz CT molecular complexity index is 678. The second-order valence-corrected chi connectivity index (χ2v) is 5.57. The minimum Gasteiger partial charge on any atom is -0.487 e. The van der Waals surface area contributed by atoms with E-state index in [0.29, 0.717) is 13.2 Å². The van der Waals surface area contributed by atoms with E-state index in [1.165, 1.54) is 5.56 Å². The van der Waals surface area contributed by atoms with Crippen LogP contribution in [0.25, 0.3) is 0 Å². The molecule has 1 aliphatic heterocycles. The topological polar surface area (TPSA) is 56.1 Å². The average Bonchev–Trinajstić information content (AvgIpc) is 2.95. The molecule has 1 aromatic heterocycles. The Balaban J connectivity index is 1.75. The standard InChI is InChI=1S/C17H21N3O2/c1-3-20-9-7-14(19-20)11-22-15-5-4-13-6-8-18-17(21)12(2)16(13)10-15/h4-5,7,9-10,12H,3,6,8,11H2,1-2H3,(H,18,21). The normalized spacial score (nSPS) is 17.5. The number of fused-ring (bicyclic) bond motifs is 1. The summed E-state index contributed by atoms with van der Waals surface area (Å²) in [5.41, 5.74) is 3.18. The molecule has 0 saturated heterocycles. The van der Waals surface area contributed by atoms with Gasteiger partial charge in [0, 0.05) is 19.3 Å². The summed E-state index contributed by atoms with van der Waals surface area (Å²) in [5.74, 6) is 0.726. The largest absolute Gasteiger partial charge is 0.487 e. The van der Waals surface area contributed by atoms with Gasteiger partial charge < -0.3 is 10.1 Å². The summed E-state index contributed by atoms with van der Waals surface area (Å²) >= 11 is 0. The van der Waals surface area contributed by atoms with Gasteiger partial charge in [-0.3, -0.25) is 9.48 Å². The fourth-order valence-corrected chi connectivity index (χ4v) is 2.72. The molecule has 5 heteroatoms. The van der Waals surface area contributed by atoms with E-state index in [1.54, 1.807) is 0 Å². The fraction of sp³-hybridized carbons (Fsp3) is 0.412. The van der Waals surface area contributed by atoms with Crippen molar-refractivity contribution in [2.45, 2.75) is 39.3 Å². The van der Waals surface area contributed by atoms with Crippen molar-refractivity contribution in [1.82, 2.24) is 15.1 Å². The summed E-state index contributed by atoms with van der Waals surface area (Å²) in [6, 6.07) is 7.98. The molecule has 1 unspecified atom stereocenters. The summed E-state index contributed by atoms with van der Waals surface area (Å²) in [5, 5.41) is 7.34. The van der Waals surface area contributed by atoms with E-state index in [4.69, 9.17) is 4.74 Å². The van der Waals surface area contributed by atoms with Gasteiger partial charge >= 0.3 is 0 Å². The molecule has 1 amide bonds. The van der Waals surface area contributed by atoms with Crippen molar-refractivity contribution in [1.29, 1.82) is 0 Å². The van der Waals surface area contributed by atoms with Crippen LogP contribution < -0.4 is 10.1 Å². The second kappa shape index (κ2) is 6.22. The first kappa shape index (κ1) is 14.6. The number of carbonyl (C=O) groups excluding carboxylic acids is 1. The molecule has 0 saturated carbocycles. The van der Waals surface area contributed by atoms with Gasteiger partial charge in [0.15, 0.2) is 0 Å². The Hall–Kier alpha value is -2.30. The molecular formula is C17H21N3O2. The number of aromatic nitrogens is 2. The molecular weight excluding hydrogens is 278 g/mol. The van der Waals surface area contributed by atoms with Crippen molar-refractivity contribution in [3.05, 3.63) is 47.3 Å². The lowest BCUT2D eigenvalue weighted by molar-refractivity contribution is -0.121. The van der Waals surface area contributed by atoms with Gasteiger partial charge in [-0.25, -0.2) is 0 Å². The van der Waals surface area contributed by atoms with E-state index in [1.807, 2.05) is 36.0 Å². The smallest absolute Gasteiger partial charge is 0.227 e. The molecule has 2 heterocycles. The molecule has 3 rings (SSSR count). The Labute approximate surface area is 130 Å². The zero-order chi connectivity index (χ0) is 15.5. The number of aryl methyl sites for hydroxylation is 1. The monoisotopic (exact) mass is 299 g/mol. The highest BCUT2D eigenvalue weighted by Gasteiger charge is 2.22. The zero-order valence-corrected chi connectivity index (χ0v) is 13.0. The van der Waals surface area contributed by atoms with E-state index in [0.717, 1.165) is 30.0 Å². The third-order valence-electron chi connectivity index (χ3n) is 4.08. The van der Waals surface area contributed by atoms with Gasteiger partial charge in [0.2, 0.25) is 5.91 Å². The quantitative estimate of drug-likeness (QED) is 0.942. The molecule has 0 bridgehead atoms. The second-order valence-electron chi connectivity index (χ2n) is 5.57. The Morgan fingerprint density at radius 2 is 2.27 bits per heavy atom. The van der Waals surface area contributed by atoms with Crippen LogP contribution in [0, 0.1) is 0 Å². The van der Waals surface area contributed by atoms with Crippen LogP contribution in [0.1, 0.15) is 36.6 Å². The third-order valence-corrected chi connectivity index (χ3v) is 4.08. The molecule has 1 aromatic carbocycles. The van der Waals surface area contributed by atoms with Gasteiger partial charge in [0.25, 0.3) is 0 Å². The first-order valence-electron chi connectivity index (χ1n) is 7.73. The Kier molecular flexibility index (Phi) is 4.13. The first-order valence-corrected chi connectivity index (χ1v) is 7.73. The molecule has 1 N–H and O–H groups in total. The van der Waals surface area contributed by atoms with Gasteiger partial charge in [0.05, 0.1) is 11.6 Å². The van der Waals surface area contributed by atoms with E-state index >= 15 is 0 Å². The minimum absolute atomic E-state index is 0.0811. The van der Waals surface area contributed by atoms with Crippen molar-refractivity contribution < 1.29 is 9.53 Å². The summed E-state index contributed by atoms with van der Waals surface area (Å²) in [6.07, 6.45) is 2.81. The maximum Gasteiger partial charge on any atom is 0.227 e. The van der Waals surface area contributed by atoms with Crippen LogP contribution in [-0.4, -0.2) is 22.2 Å². The predicted octanol–water partition coefficient (Wildman–Crippen LogP) is 2.26. The number of nitrogens with zero attached hydrogens (tertiary/aromatic N) is 2. The predicted molar refractivity (Wildman–Crippen MR) is 83.8 cm³/mol. The molecule has 0 aliphatic carbocycles. The molecule has 1 aliphatic rings. The van der Waals surface area contributed by atoms with Gasteiger partial charge in [-0.15, -0.1) is 0 Å². The number of benzene rings is 1. The third kappa shape index (κ3) is 2.98. The van der Waals surface area contributed by atoms with E-state index in [2.05, 4.69) is 23.4 Å². The van der Waals surface area contributed by atoms with Crippen LogP contribution in [0.3, 0.4) is 0 Å². The Morgan fingerprint density at radius 3 is 3.05 bits per heavy atom. The molecule has 0 radical (unpaired) electrons. The number of ether oxygens (including phenoxy) is 1. The van der Waals surface area contributed by atoms with Crippen LogP contribution in [0.15, 0.2) is 30.5 Å². The molecule has 1 atom stereocenters. The number of rotatable bonds is 4. The van der Waals surface area contributed by atoms with E-state index in [9.17, 15) is 4.79 Å². The lowest BCUT2D eigenvalue weighted by atomic mass is 9.95. The van der Waals surface area contributed by atoms with Crippen LogP contribution in [0.5, 0.6) is 5.75 Å². The molecule has 0 fully saturated rings. The fourth-order valence-electron chi connectivity index (χ4n) is 2.72. The number of amides is 1. The number of carbonyl (C=O) groups is 1. The van der Waals surface area contributed by atoms with Crippen LogP contribution in [0.2, 0.25) is 0 Å². The lowest BCUT2D eigenvalue weighted by Gasteiger charge is -2.13. The van der Waals surface area contributed by atoms with E-state index < -0.39 is 0 Å². The maximum atomic E-state index is 11.9. The SMILES string of the molecule is CCn1ccc(COc2ccc3c(c2)C(C)C(=O)NCC3)n1. The number of nitrogens with one attached hydrogen (secondary N) is 1. The number of hydrogen-bond acceptors (Lipinski definition) is 3. The van der Waals surface area contributed by atoms with Gasteiger partial charge in [-0.2, -0.15) is 5.10 Å². The summed E-state index contributed by atoms with van der Waals surface area (Å²) in [6.45, 7) is 5.98. The van der Waals surface area contributed by atoms with Gasteiger partial charge in [-0.05, 0) is 49.6 Å². The van der Waals surface area contributed by atoms with Crippen LogP contribution in [-0.2, 0) is 24.4 Å². The molecule has 22 heavy (non-hydrogen) atoms. The lowest BCUT2D eigenvalue weighted by Crippen LogP contribution is -2.26. The van der Waals surface area contributed by atoms with Crippen molar-refractivity contribution in [3.8, 4) is 5.75 Å². The van der Waals surface area contributed by atoms with E-state index in [-0.39, 0.29) is 11.8 Å². The molecule has 116 valence electrons. The molecule has 0 spiro atoms. The van der Waals surface area contributed by atoms with Gasteiger partial charge in [0.1, 0.15) is 12.4 Å². The number of hydrogen-bond donors (Lipinski definition) is 1. The zero-order valence-electron chi connectivity index (χ0n) is 13.0. The summed E-state index contributed by atoms with van der Waals surface area (Å²) in [4.78, 5) is 11.9. The van der Waals surface area contributed by atoms with Crippen LogP contribution >= 0.6 is 0 Å². The molecule has 2 aromatic rings.